The molecule has 0 aliphatic heterocycles. The fraction of sp³-hybridized carbons (Fsp3) is 0.636. The van der Waals surface area contributed by atoms with Crippen molar-refractivity contribution in [3.63, 3.8) is 0 Å². The van der Waals surface area contributed by atoms with Crippen molar-refractivity contribution in [3.8, 4) is 11.5 Å². The van der Waals surface area contributed by atoms with E-state index in [1.54, 1.807) is 0 Å². The number of phenolic OH excluding ortho intramolecular Hbond substituents is 2. The quantitative estimate of drug-likeness (QED) is 0.132. The average Bonchev–Trinajstić information content (AvgIpc) is 2.72. The second-order valence-corrected chi connectivity index (χ2v) is 7.67. The van der Waals surface area contributed by atoms with Gasteiger partial charge in [0.15, 0.2) is 0 Å². The van der Waals surface area contributed by atoms with Gasteiger partial charge in [0.1, 0.15) is 11.5 Å². The van der Waals surface area contributed by atoms with Crippen LogP contribution in [0.1, 0.15) is 94.3 Å². The number of hydrogen-bond donors (Lipinski definition) is 5. The van der Waals surface area contributed by atoms with Crippen LogP contribution >= 0.6 is 0 Å². The van der Waals surface area contributed by atoms with Gasteiger partial charge >= 0.3 is 6.03 Å². The molecule has 30 heavy (non-hydrogen) atoms. The molecule has 0 atom stereocenters. The highest BCUT2D eigenvalue weighted by Crippen LogP contribution is 2.22. The number of nitrogens with one attached hydrogen (secondary N) is 2. The molecular weight excluding hydrogens is 384 g/mol. The summed E-state index contributed by atoms with van der Waals surface area (Å²) in [5.41, 5.74) is 4.32. The van der Waals surface area contributed by atoms with E-state index in [1.165, 1.54) is 69.9 Å². The number of nitrogens with zero attached hydrogens (tertiary/aromatic N) is 1. The Hall–Kier alpha value is -2.48. The summed E-state index contributed by atoms with van der Waals surface area (Å²) in [4.78, 5) is 23.9. The SMILES string of the molecule is CCCCCCCCCCCCCCN(N)C(=O)NNC(=O)c1ccc(O)cc1O. The number of benzene rings is 1. The molecule has 1 aromatic carbocycles. The van der Waals surface area contributed by atoms with E-state index in [4.69, 9.17) is 5.84 Å². The Labute approximate surface area is 179 Å². The van der Waals surface area contributed by atoms with E-state index in [9.17, 15) is 19.8 Å². The van der Waals surface area contributed by atoms with Crippen LogP contribution in [0.5, 0.6) is 11.5 Å². The second-order valence-electron chi connectivity index (χ2n) is 7.67. The van der Waals surface area contributed by atoms with E-state index < -0.39 is 11.9 Å². The van der Waals surface area contributed by atoms with E-state index in [-0.39, 0.29) is 17.1 Å². The number of nitrogens with two attached hydrogens (primary N) is 1. The third-order valence-electron chi connectivity index (χ3n) is 5.02. The minimum atomic E-state index is -0.709. The highest BCUT2D eigenvalue weighted by molar-refractivity contribution is 5.97. The molecule has 170 valence electrons. The molecular formula is C22H38N4O4. The normalized spacial score (nSPS) is 10.6. The molecule has 0 saturated heterocycles. The molecule has 8 heteroatoms. The van der Waals surface area contributed by atoms with Gasteiger partial charge in [-0.2, -0.15) is 0 Å². The summed E-state index contributed by atoms with van der Waals surface area (Å²) in [6.07, 6.45) is 14.7. The molecule has 0 spiro atoms. The molecule has 1 aromatic rings. The van der Waals surface area contributed by atoms with Gasteiger partial charge in [0, 0.05) is 12.6 Å². The van der Waals surface area contributed by atoms with Crippen molar-refractivity contribution in [3.05, 3.63) is 23.8 Å². The van der Waals surface area contributed by atoms with E-state index >= 15 is 0 Å². The maximum atomic E-state index is 12.0. The third-order valence-corrected chi connectivity index (χ3v) is 5.02. The molecule has 0 aliphatic carbocycles. The monoisotopic (exact) mass is 422 g/mol. The predicted molar refractivity (Wildman–Crippen MR) is 118 cm³/mol. The Balaban J connectivity index is 2.05. The summed E-state index contributed by atoms with van der Waals surface area (Å²) < 4.78 is 0. The Morgan fingerprint density at radius 3 is 1.93 bits per heavy atom. The number of phenols is 2. The first-order chi connectivity index (χ1) is 14.5. The zero-order chi connectivity index (χ0) is 22.2. The smallest absolute Gasteiger partial charge is 0.350 e. The average molecular weight is 423 g/mol. The summed E-state index contributed by atoms with van der Waals surface area (Å²) in [6, 6.07) is 2.92. The Kier molecular flexibility index (Phi) is 13.1. The van der Waals surface area contributed by atoms with E-state index in [1.807, 2.05) is 0 Å². The molecule has 0 aromatic heterocycles. The van der Waals surface area contributed by atoms with Crippen LogP contribution in [-0.4, -0.2) is 33.7 Å². The van der Waals surface area contributed by atoms with Gasteiger partial charge in [-0.15, -0.1) is 0 Å². The van der Waals surface area contributed by atoms with Gasteiger partial charge in [-0.25, -0.2) is 16.1 Å². The number of rotatable bonds is 14. The van der Waals surface area contributed by atoms with Gasteiger partial charge in [0.2, 0.25) is 0 Å². The third kappa shape index (κ3) is 10.9. The van der Waals surface area contributed by atoms with Crippen molar-refractivity contribution < 1.29 is 19.8 Å². The molecule has 6 N–H and O–H groups in total. The summed E-state index contributed by atoms with van der Waals surface area (Å²) >= 11 is 0. The zero-order valence-electron chi connectivity index (χ0n) is 18.2. The van der Waals surface area contributed by atoms with Crippen LogP contribution in [0.3, 0.4) is 0 Å². The molecule has 8 nitrogen and oxygen atoms in total. The minimum absolute atomic E-state index is 0.0716. The summed E-state index contributed by atoms with van der Waals surface area (Å²) in [6.45, 7) is 2.63. The van der Waals surface area contributed by atoms with Gasteiger partial charge < -0.3 is 10.2 Å². The summed E-state index contributed by atoms with van der Waals surface area (Å²) in [5.74, 6) is 4.45. The molecule has 0 fully saturated rings. The van der Waals surface area contributed by atoms with Gasteiger partial charge in [0.05, 0.1) is 5.56 Å². The first kappa shape index (κ1) is 25.6. The lowest BCUT2D eigenvalue weighted by molar-refractivity contribution is 0.0927. The van der Waals surface area contributed by atoms with Crippen LogP contribution in [0, 0.1) is 0 Å². The number of urea groups is 1. The lowest BCUT2D eigenvalue weighted by atomic mass is 10.1. The second kappa shape index (κ2) is 15.4. The maximum Gasteiger partial charge on any atom is 0.350 e. The summed E-state index contributed by atoms with van der Waals surface area (Å²) in [7, 11) is 0. The van der Waals surface area contributed by atoms with E-state index in [2.05, 4.69) is 17.8 Å². The summed E-state index contributed by atoms with van der Waals surface area (Å²) in [5, 5.41) is 19.9. The first-order valence-electron chi connectivity index (χ1n) is 11.1. The van der Waals surface area contributed by atoms with Crippen LogP contribution in [-0.2, 0) is 0 Å². The van der Waals surface area contributed by atoms with E-state index in [0.29, 0.717) is 6.54 Å². The fourth-order valence-electron chi connectivity index (χ4n) is 3.19. The number of hydrogen-bond acceptors (Lipinski definition) is 5. The zero-order valence-corrected chi connectivity index (χ0v) is 18.2. The largest absolute Gasteiger partial charge is 0.508 e. The Bertz CT molecular complexity index is 640. The lowest BCUT2D eigenvalue weighted by Gasteiger charge is -2.17. The highest BCUT2D eigenvalue weighted by atomic mass is 16.3. The van der Waals surface area contributed by atoms with Crippen molar-refractivity contribution in [1.82, 2.24) is 15.9 Å². The lowest BCUT2D eigenvalue weighted by Crippen LogP contribution is -2.51. The van der Waals surface area contributed by atoms with Crippen molar-refractivity contribution in [2.45, 2.75) is 84.0 Å². The number of aromatic hydroxyl groups is 2. The van der Waals surface area contributed by atoms with Crippen molar-refractivity contribution >= 4 is 11.9 Å². The topological polar surface area (TPSA) is 128 Å². The molecule has 1 rings (SSSR count). The minimum Gasteiger partial charge on any atom is -0.508 e. The fourth-order valence-corrected chi connectivity index (χ4v) is 3.19. The molecule has 0 saturated carbocycles. The van der Waals surface area contributed by atoms with Gasteiger partial charge in [-0.1, -0.05) is 77.6 Å². The molecule has 0 aliphatic rings. The number of carbonyl (C=O) groups excluding carboxylic acids is 2. The molecule has 0 unspecified atom stereocenters. The maximum absolute atomic E-state index is 12.0. The van der Waals surface area contributed by atoms with Crippen LogP contribution in [0.2, 0.25) is 0 Å². The predicted octanol–water partition coefficient (Wildman–Crippen LogP) is 4.33. The first-order valence-corrected chi connectivity index (χ1v) is 11.1. The van der Waals surface area contributed by atoms with Crippen LogP contribution < -0.4 is 16.7 Å². The van der Waals surface area contributed by atoms with Gasteiger partial charge in [-0.05, 0) is 18.6 Å². The van der Waals surface area contributed by atoms with Crippen molar-refractivity contribution in [2.24, 2.45) is 5.84 Å². The van der Waals surface area contributed by atoms with Crippen LogP contribution in [0.15, 0.2) is 18.2 Å². The number of hydrazine groups is 2. The molecule has 0 bridgehead atoms. The molecule has 3 amide bonds. The number of carbonyl (C=O) groups is 2. The number of amides is 3. The Morgan fingerprint density at radius 1 is 0.867 bits per heavy atom. The van der Waals surface area contributed by atoms with Gasteiger partial charge in [0.25, 0.3) is 5.91 Å². The highest BCUT2D eigenvalue weighted by Gasteiger charge is 2.14. The molecule has 0 heterocycles. The van der Waals surface area contributed by atoms with E-state index in [0.717, 1.165) is 30.3 Å². The van der Waals surface area contributed by atoms with Gasteiger partial charge in [-0.3, -0.25) is 15.2 Å². The number of unbranched alkanes of at least 4 members (excludes halogenated alkanes) is 11. The van der Waals surface area contributed by atoms with Crippen molar-refractivity contribution in [1.29, 1.82) is 0 Å². The van der Waals surface area contributed by atoms with Crippen LogP contribution in [0.25, 0.3) is 0 Å². The Morgan fingerprint density at radius 2 is 1.40 bits per heavy atom. The van der Waals surface area contributed by atoms with Crippen molar-refractivity contribution in [2.75, 3.05) is 6.54 Å². The molecule has 0 radical (unpaired) electrons. The standard InChI is InChI=1S/C22H38N4O4/c1-2-3-4-5-6-7-8-9-10-11-12-13-16-26(23)22(30)25-24-21(29)19-15-14-18(27)17-20(19)28/h14-15,17,27-28H,2-13,16,23H2,1H3,(H,24,29)(H,25,30). The van der Waals surface area contributed by atoms with Crippen LogP contribution in [0.4, 0.5) is 4.79 Å².